The van der Waals surface area contributed by atoms with Gasteiger partial charge in [-0.05, 0) is 60.7 Å². The van der Waals surface area contributed by atoms with Crippen LogP contribution in [0.5, 0.6) is 0 Å². The lowest BCUT2D eigenvalue weighted by molar-refractivity contribution is 0.102. The van der Waals surface area contributed by atoms with Crippen molar-refractivity contribution in [3.63, 3.8) is 0 Å². The topological polar surface area (TPSA) is 46.9 Å². The second-order valence-corrected chi connectivity index (χ2v) is 5.76. The first-order valence-corrected chi connectivity index (χ1v) is 7.83. The number of amides is 1. The second-order valence-electron chi connectivity index (χ2n) is 5.76. The molecule has 2 aromatic carbocycles. The van der Waals surface area contributed by atoms with E-state index in [4.69, 9.17) is 0 Å². The highest BCUT2D eigenvalue weighted by Gasteiger charge is 2.15. The molecule has 1 aliphatic rings. The third-order valence-corrected chi connectivity index (χ3v) is 4.26. The normalized spacial score (nSPS) is 12.9. The number of para-hydroxylation sites is 1. The predicted molar refractivity (Wildman–Crippen MR) is 90.0 cm³/mol. The van der Waals surface area contributed by atoms with Crippen LogP contribution in [0, 0.1) is 0 Å². The fourth-order valence-corrected chi connectivity index (χ4v) is 3.12. The minimum Gasteiger partial charge on any atom is -0.322 e. The van der Waals surface area contributed by atoms with Gasteiger partial charge in [0.2, 0.25) is 0 Å². The van der Waals surface area contributed by atoms with E-state index in [1.165, 1.54) is 17.5 Å². The highest BCUT2D eigenvalue weighted by Crippen LogP contribution is 2.25. The Hall–Kier alpha value is -2.88. The van der Waals surface area contributed by atoms with E-state index >= 15 is 0 Å². The van der Waals surface area contributed by atoms with Gasteiger partial charge in [0.15, 0.2) is 0 Å². The quantitative estimate of drug-likeness (QED) is 0.803. The zero-order chi connectivity index (χ0) is 15.6. The summed E-state index contributed by atoms with van der Waals surface area (Å²) in [5.41, 5.74) is 4.99. The Morgan fingerprint density at radius 1 is 1.04 bits per heavy atom. The molecule has 114 valence electrons. The maximum Gasteiger partial charge on any atom is 0.257 e. The maximum absolute atomic E-state index is 12.7. The summed E-state index contributed by atoms with van der Waals surface area (Å²) in [6, 6.07) is 15.5. The zero-order valence-corrected chi connectivity index (χ0v) is 12.7. The van der Waals surface area contributed by atoms with Crippen LogP contribution in [0.4, 0.5) is 5.69 Å². The maximum atomic E-state index is 12.7. The number of nitrogens with one attached hydrogen (secondary N) is 1. The van der Waals surface area contributed by atoms with Crippen LogP contribution in [0.1, 0.15) is 27.9 Å². The molecule has 0 radical (unpaired) electrons. The van der Waals surface area contributed by atoms with Crippen LogP contribution in [-0.4, -0.2) is 15.7 Å². The van der Waals surface area contributed by atoms with Crippen molar-refractivity contribution in [2.24, 2.45) is 0 Å². The fraction of sp³-hybridized carbons (Fsp3) is 0.158. The van der Waals surface area contributed by atoms with Gasteiger partial charge in [0.25, 0.3) is 5.91 Å². The molecule has 0 bridgehead atoms. The predicted octanol–water partition coefficient (Wildman–Crippen LogP) is 3.61. The molecule has 3 aromatic rings. The minimum absolute atomic E-state index is 0.117. The summed E-state index contributed by atoms with van der Waals surface area (Å²) in [5, 5.41) is 7.23. The molecule has 4 heteroatoms. The largest absolute Gasteiger partial charge is 0.322 e. The van der Waals surface area contributed by atoms with Crippen LogP contribution in [0.3, 0.4) is 0 Å². The van der Waals surface area contributed by atoms with E-state index in [2.05, 4.69) is 22.5 Å². The first-order chi connectivity index (χ1) is 11.3. The Morgan fingerprint density at radius 2 is 1.91 bits per heavy atom. The van der Waals surface area contributed by atoms with Gasteiger partial charge in [-0.15, -0.1) is 0 Å². The molecule has 1 N–H and O–H groups in total. The number of carbonyl (C=O) groups is 1. The summed E-state index contributed by atoms with van der Waals surface area (Å²) in [5.74, 6) is -0.117. The molecule has 0 saturated carbocycles. The van der Waals surface area contributed by atoms with E-state index in [0.717, 1.165) is 24.2 Å². The lowest BCUT2D eigenvalue weighted by atomic mass is 10.1. The lowest BCUT2D eigenvalue weighted by Gasteiger charge is -2.11. The number of carbonyl (C=O) groups excluding carboxylic acids is 1. The summed E-state index contributed by atoms with van der Waals surface area (Å²) < 4.78 is 1.71. The molecule has 4 rings (SSSR count). The van der Waals surface area contributed by atoms with E-state index < -0.39 is 0 Å². The molecule has 23 heavy (non-hydrogen) atoms. The molecule has 1 heterocycles. The van der Waals surface area contributed by atoms with Crippen molar-refractivity contribution >= 4 is 11.6 Å². The van der Waals surface area contributed by atoms with E-state index in [-0.39, 0.29) is 5.91 Å². The number of hydrogen-bond donors (Lipinski definition) is 1. The van der Waals surface area contributed by atoms with Crippen molar-refractivity contribution in [1.82, 2.24) is 9.78 Å². The lowest BCUT2D eigenvalue weighted by Crippen LogP contribution is -2.15. The summed E-state index contributed by atoms with van der Waals surface area (Å²) >= 11 is 0. The van der Waals surface area contributed by atoms with Crippen molar-refractivity contribution in [3.8, 4) is 5.69 Å². The van der Waals surface area contributed by atoms with Crippen molar-refractivity contribution in [3.05, 3.63) is 77.6 Å². The number of aromatic nitrogens is 2. The number of fused-ring (bicyclic) bond motifs is 1. The van der Waals surface area contributed by atoms with Crippen molar-refractivity contribution < 1.29 is 4.79 Å². The molecular formula is C19H17N3O. The first kappa shape index (κ1) is 13.8. The molecule has 0 unspecified atom stereocenters. The van der Waals surface area contributed by atoms with Crippen LogP contribution in [0.2, 0.25) is 0 Å². The fourth-order valence-electron chi connectivity index (χ4n) is 3.12. The third-order valence-electron chi connectivity index (χ3n) is 4.26. The number of nitrogens with zero attached hydrogens (tertiary/aromatic N) is 2. The number of anilines is 1. The van der Waals surface area contributed by atoms with Crippen molar-refractivity contribution in [2.45, 2.75) is 19.3 Å². The van der Waals surface area contributed by atoms with Gasteiger partial charge < -0.3 is 5.32 Å². The molecule has 0 spiro atoms. The van der Waals surface area contributed by atoms with Crippen LogP contribution in [0.25, 0.3) is 5.69 Å². The van der Waals surface area contributed by atoms with Gasteiger partial charge in [-0.2, -0.15) is 5.10 Å². The monoisotopic (exact) mass is 303 g/mol. The molecule has 0 fully saturated rings. The molecule has 1 aliphatic carbocycles. The molecule has 1 amide bonds. The average molecular weight is 303 g/mol. The minimum atomic E-state index is -0.117. The van der Waals surface area contributed by atoms with E-state index in [1.54, 1.807) is 10.9 Å². The van der Waals surface area contributed by atoms with Crippen molar-refractivity contribution in [2.75, 3.05) is 5.32 Å². The van der Waals surface area contributed by atoms with Crippen LogP contribution in [-0.2, 0) is 12.8 Å². The summed E-state index contributed by atoms with van der Waals surface area (Å²) in [7, 11) is 0. The highest BCUT2D eigenvalue weighted by molar-refractivity contribution is 6.06. The zero-order valence-electron chi connectivity index (χ0n) is 12.7. The molecular weight excluding hydrogens is 286 g/mol. The van der Waals surface area contributed by atoms with Crippen LogP contribution in [0.15, 0.2) is 60.9 Å². The Labute approximate surface area is 134 Å². The van der Waals surface area contributed by atoms with Gasteiger partial charge in [0, 0.05) is 18.1 Å². The first-order valence-electron chi connectivity index (χ1n) is 7.83. The molecule has 0 atom stereocenters. The van der Waals surface area contributed by atoms with Crippen LogP contribution < -0.4 is 5.32 Å². The molecule has 0 aliphatic heterocycles. The van der Waals surface area contributed by atoms with Gasteiger partial charge in [0.05, 0.1) is 11.3 Å². The van der Waals surface area contributed by atoms with Gasteiger partial charge in [-0.3, -0.25) is 4.79 Å². The van der Waals surface area contributed by atoms with Crippen molar-refractivity contribution in [1.29, 1.82) is 0 Å². The Balaban J connectivity index is 1.63. The number of hydrogen-bond acceptors (Lipinski definition) is 2. The number of aryl methyl sites for hydroxylation is 2. The van der Waals surface area contributed by atoms with E-state index in [9.17, 15) is 4.79 Å². The van der Waals surface area contributed by atoms with Gasteiger partial charge in [0.1, 0.15) is 0 Å². The standard InChI is InChI=1S/C19H17N3O/c23-19(21-16-10-9-14-5-3-6-15(14)13-16)17-7-1-2-8-18(17)22-12-4-11-20-22/h1-2,4,7-13H,3,5-6H2,(H,21,23). The second kappa shape index (κ2) is 5.72. The van der Waals surface area contributed by atoms with E-state index in [1.807, 2.05) is 42.6 Å². The SMILES string of the molecule is O=C(Nc1ccc2c(c1)CCC2)c1ccccc1-n1cccn1. The Morgan fingerprint density at radius 3 is 2.78 bits per heavy atom. The molecule has 1 aromatic heterocycles. The van der Waals surface area contributed by atoms with E-state index in [0.29, 0.717) is 5.56 Å². The number of benzene rings is 2. The summed E-state index contributed by atoms with van der Waals surface area (Å²) in [4.78, 5) is 12.7. The van der Waals surface area contributed by atoms with Crippen LogP contribution >= 0.6 is 0 Å². The number of rotatable bonds is 3. The summed E-state index contributed by atoms with van der Waals surface area (Å²) in [6.07, 6.45) is 6.99. The molecule has 0 saturated heterocycles. The van der Waals surface area contributed by atoms with Gasteiger partial charge >= 0.3 is 0 Å². The molecule has 4 nitrogen and oxygen atoms in total. The van der Waals surface area contributed by atoms with Gasteiger partial charge in [-0.1, -0.05) is 18.2 Å². The Kier molecular flexibility index (Phi) is 3.42. The Bertz CT molecular complexity index is 853. The van der Waals surface area contributed by atoms with Gasteiger partial charge in [-0.25, -0.2) is 4.68 Å². The third kappa shape index (κ3) is 2.63. The average Bonchev–Trinajstić information content (AvgIpc) is 3.26. The highest BCUT2D eigenvalue weighted by atomic mass is 16.1. The smallest absolute Gasteiger partial charge is 0.257 e. The summed E-state index contributed by atoms with van der Waals surface area (Å²) in [6.45, 7) is 0.